The Morgan fingerprint density at radius 3 is 2.28 bits per heavy atom. The minimum Gasteiger partial charge on any atom is -0.271 e. The van der Waals surface area contributed by atoms with Crippen LogP contribution in [0.1, 0.15) is 23.6 Å². The number of nitrogens with zero attached hydrogens (tertiary/aromatic N) is 2. The summed E-state index contributed by atoms with van der Waals surface area (Å²) in [4.78, 5) is 23.6. The van der Waals surface area contributed by atoms with Gasteiger partial charge in [-0.2, -0.15) is 23.0 Å². The number of rotatable bonds is 3. The molecule has 1 atom stereocenters. The quantitative estimate of drug-likeness (QED) is 0.569. The summed E-state index contributed by atoms with van der Waals surface area (Å²) in [5, 5.41) is 3.36. The smallest absolute Gasteiger partial charge is 0.271 e. The Kier molecular flexibility index (Phi) is 5.55. The van der Waals surface area contributed by atoms with E-state index in [1.165, 1.54) is 31.2 Å². The van der Waals surface area contributed by atoms with Gasteiger partial charge < -0.3 is 0 Å². The highest BCUT2D eigenvalue weighted by atomic mass is 35.5. The van der Waals surface area contributed by atoms with Gasteiger partial charge in [-0.3, -0.25) is 9.78 Å². The Balaban J connectivity index is 2.08. The van der Waals surface area contributed by atoms with Gasteiger partial charge in [0.15, 0.2) is 0 Å². The highest BCUT2D eigenvalue weighted by Gasteiger charge is 2.36. The fourth-order valence-electron chi connectivity index (χ4n) is 2.74. The number of aromatic amines is 1. The highest BCUT2D eigenvalue weighted by Crippen LogP contribution is 2.43. The summed E-state index contributed by atoms with van der Waals surface area (Å²) >= 11 is 18.6. The van der Waals surface area contributed by atoms with Crippen molar-refractivity contribution in [1.29, 1.82) is 0 Å². The van der Waals surface area contributed by atoms with Crippen molar-refractivity contribution in [1.82, 2.24) is 14.8 Å². The summed E-state index contributed by atoms with van der Waals surface area (Å²) < 4.78 is 40.5. The Hall–Kier alpha value is -2.29. The zero-order valence-corrected chi connectivity index (χ0v) is 16.8. The molecule has 29 heavy (non-hydrogen) atoms. The molecular weight excluding hydrogens is 454 g/mol. The van der Waals surface area contributed by atoms with Gasteiger partial charge in [0, 0.05) is 5.02 Å². The lowest BCUT2D eigenvalue weighted by Gasteiger charge is -2.26. The molecule has 1 unspecified atom stereocenters. The maximum atomic E-state index is 13.2. The molecular formula is C18H11Cl3F3N3O2. The van der Waals surface area contributed by atoms with Crippen LogP contribution in [0, 0.1) is 0 Å². The fraction of sp³-hybridized carbons (Fsp3) is 0.167. The molecule has 0 spiro atoms. The molecule has 0 bridgehead atoms. The second kappa shape index (κ2) is 7.51. The van der Waals surface area contributed by atoms with Crippen LogP contribution in [0.3, 0.4) is 0 Å². The first-order valence-corrected chi connectivity index (χ1v) is 9.10. The number of halogens is 6. The van der Waals surface area contributed by atoms with Crippen molar-refractivity contribution in [2.45, 2.75) is 18.0 Å². The largest absolute Gasteiger partial charge is 0.417 e. The summed E-state index contributed by atoms with van der Waals surface area (Å²) in [7, 11) is 0. The fourth-order valence-corrected chi connectivity index (χ4v) is 3.66. The van der Waals surface area contributed by atoms with Gasteiger partial charge in [0.1, 0.15) is 6.20 Å². The standard InChI is InChI=1S/C18H11Cl3F3N3O2/c1-17(21,9-2-5-13(19)12(6-9)18(22,23)24)11-4-3-10(7-14(11)20)27-16(29)26-15(28)8-25-27/h2-8H,1H3,(H,26,28,29). The molecule has 3 aromatic rings. The molecule has 0 saturated heterocycles. The number of H-pyrrole nitrogens is 1. The summed E-state index contributed by atoms with van der Waals surface area (Å²) in [6, 6.07) is 7.65. The van der Waals surface area contributed by atoms with Crippen LogP contribution >= 0.6 is 34.8 Å². The minimum atomic E-state index is -4.65. The van der Waals surface area contributed by atoms with Crippen LogP contribution in [0.5, 0.6) is 0 Å². The van der Waals surface area contributed by atoms with Crippen LogP contribution in [0.25, 0.3) is 5.69 Å². The topological polar surface area (TPSA) is 67.8 Å². The van der Waals surface area contributed by atoms with Gasteiger partial charge in [-0.25, -0.2) is 4.79 Å². The van der Waals surface area contributed by atoms with Gasteiger partial charge >= 0.3 is 11.9 Å². The van der Waals surface area contributed by atoms with Gasteiger partial charge in [0.2, 0.25) is 0 Å². The average molecular weight is 465 g/mol. The Morgan fingerprint density at radius 1 is 1.00 bits per heavy atom. The van der Waals surface area contributed by atoms with Crippen molar-refractivity contribution >= 4 is 34.8 Å². The second-order valence-corrected chi connectivity index (χ2v) is 7.78. The second-order valence-electron chi connectivity index (χ2n) is 6.21. The Labute approximate surface area is 176 Å². The summed E-state index contributed by atoms with van der Waals surface area (Å²) in [6.45, 7) is 1.49. The lowest BCUT2D eigenvalue weighted by Crippen LogP contribution is -2.30. The molecule has 0 fully saturated rings. The van der Waals surface area contributed by atoms with E-state index >= 15 is 0 Å². The van der Waals surface area contributed by atoms with Crippen molar-refractivity contribution < 1.29 is 13.2 Å². The van der Waals surface area contributed by atoms with Gasteiger partial charge in [0.25, 0.3) is 5.56 Å². The first-order chi connectivity index (χ1) is 13.4. The summed E-state index contributed by atoms with van der Waals surface area (Å²) in [5.41, 5.74) is -1.78. The van der Waals surface area contributed by atoms with Crippen LogP contribution in [0.2, 0.25) is 10.0 Å². The van der Waals surface area contributed by atoms with E-state index in [2.05, 4.69) is 10.1 Å². The SMILES string of the molecule is CC(Cl)(c1ccc(Cl)c(C(F)(F)F)c1)c1ccc(-n2ncc(=O)[nH]c2=O)cc1Cl. The van der Waals surface area contributed by atoms with Gasteiger partial charge in [-0.05, 0) is 42.3 Å². The zero-order chi connectivity index (χ0) is 21.6. The number of alkyl halides is 4. The van der Waals surface area contributed by atoms with Gasteiger partial charge in [-0.1, -0.05) is 35.3 Å². The molecule has 0 aliphatic rings. The highest BCUT2D eigenvalue weighted by molar-refractivity contribution is 6.34. The lowest BCUT2D eigenvalue weighted by atomic mass is 9.90. The Morgan fingerprint density at radius 2 is 1.69 bits per heavy atom. The number of nitrogens with one attached hydrogen (secondary N) is 1. The van der Waals surface area contributed by atoms with E-state index in [1.807, 2.05) is 0 Å². The van der Waals surface area contributed by atoms with E-state index in [-0.39, 0.29) is 16.3 Å². The maximum absolute atomic E-state index is 13.2. The van der Waals surface area contributed by atoms with Crippen molar-refractivity contribution in [3.63, 3.8) is 0 Å². The maximum Gasteiger partial charge on any atom is 0.417 e. The molecule has 11 heteroatoms. The average Bonchev–Trinajstić information content (AvgIpc) is 2.60. The summed E-state index contributed by atoms with van der Waals surface area (Å²) in [5.74, 6) is 0. The minimum absolute atomic E-state index is 0.0865. The van der Waals surface area contributed by atoms with E-state index in [9.17, 15) is 22.8 Å². The molecule has 2 aromatic carbocycles. The van der Waals surface area contributed by atoms with E-state index in [4.69, 9.17) is 34.8 Å². The number of hydrogen-bond donors (Lipinski definition) is 1. The molecule has 1 N–H and O–H groups in total. The van der Waals surface area contributed by atoms with E-state index in [0.29, 0.717) is 5.56 Å². The molecule has 0 aliphatic carbocycles. The number of benzene rings is 2. The third kappa shape index (κ3) is 4.19. The van der Waals surface area contributed by atoms with E-state index in [0.717, 1.165) is 23.0 Å². The predicted molar refractivity (Wildman–Crippen MR) is 104 cm³/mol. The third-order valence-corrected chi connectivity index (χ3v) is 5.29. The lowest BCUT2D eigenvalue weighted by molar-refractivity contribution is -0.137. The molecule has 0 radical (unpaired) electrons. The first-order valence-electron chi connectivity index (χ1n) is 7.96. The first kappa shape index (κ1) is 21.4. The monoisotopic (exact) mass is 463 g/mol. The zero-order valence-electron chi connectivity index (χ0n) is 14.5. The van der Waals surface area contributed by atoms with Gasteiger partial charge in [-0.15, -0.1) is 11.6 Å². The molecule has 0 aliphatic heterocycles. The van der Waals surface area contributed by atoms with Crippen molar-refractivity contribution in [3.05, 3.63) is 90.2 Å². The van der Waals surface area contributed by atoms with Crippen LogP contribution in [-0.2, 0) is 11.1 Å². The van der Waals surface area contributed by atoms with Gasteiger partial charge in [0.05, 0.1) is 21.1 Å². The molecule has 1 heterocycles. The molecule has 152 valence electrons. The Bertz CT molecular complexity index is 1200. The molecule has 0 saturated carbocycles. The van der Waals surface area contributed by atoms with Crippen LogP contribution in [0.15, 0.2) is 52.2 Å². The van der Waals surface area contributed by atoms with Crippen LogP contribution in [-0.4, -0.2) is 14.8 Å². The van der Waals surface area contributed by atoms with Crippen LogP contribution < -0.4 is 11.2 Å². The van der Waals surface area contributed by atoms with Crippen molar-refractivity contribution in [2.24, 2.45) is 0 Å². The number of aromatic nitrogens is 3. The molecule has 1 aromatic heterocycles. The molecule has 5 nitrogen and oxygen atoms in total. The van der Waals surface area contributed by atoms with Crippen molar-refractivity contribution in [2.75, 3.05) is 0 Å². The predicted octanol–water partition coefficient (Wildman–Crippen LogP) is 4.75. The van der Waals surface area contributed by atoms with Crippen LogP contribution in [0.4, 0.5) is 13.2 Å². The van der Waals surface area contributed by atoms with E-state index < -0.39 is 32.9 Å². The third-order valence-electron chi connectivity index (χ3n) is 4.23. The molecule has 0 amide bonds. The van der Waals surface area contributed by atoms with E-state index in [1.54, 1.807) is 0 Å². The normalized spacial score (nSPS) is 13.9. The number of hydrogen-bond acceptors (Lipinski definition) is 3. The molecule has 3 rings (SSSR count). The van der Waals surface area contributed by atoms with Crippen molar-refractivity contribution in [3.8, 4) is 5.69 Å². The summed E-state index contributed by atoms with van der Waals surface area (Å²) in [6.07, 6.45) is -3.73.